The number of aliphatic hydroxyl groups excluding tert-OH is 2. The van der Waals surface area contributed by atoms with Crippen molar-refractivity contribution in [2.75, 3.05) is 12.9 Å². The third kappa shape index (κ3) is 4.91. The van der Waals surface area contributed by atoms with Crippen LogP contribution in [0.4, 0.5) is 0 Å². The first-order valence-electron chi connectivity index (χ1n) is 8.77. The molecule has 0 radical (unpaired) electrons. The van der Waals surface area contributed by atoms with E-state index in [1.54, 1.807) is 30.3 Å². The van der Waals surface area contributed by atoms with E-state index in [0.29, 0.717) is 11.1 Å². The molecule has 0 bridgehead atoms. The Hall–Kier alpha value is -2.53. The second-order valence-electron chi connectivity index (χ2n) is 6.96. The molecule has 4 N–H and O–H groups in total. The molecular formula is C19H24N2O7S. The molecule has 0 spiro atoms. The minimum atomic E-state index is -3.85. The van der Waals surface area contributed by atoms with E-state index in [1.165, 1.54) is 29.2 Å². The Morgan fingerprint density at radius 3 is 2.31 bits per heavy atom. The van der Waals surface area contributed by atoms with Crippen LogP contribution in [0.3, 0.4) is 0 Å². The zero-order chi connectivity index (χ0) is 21.8. The van der Waals surface area contributed by atoms with Gasteiger partial charge in [-0.1, -0.05) is 24.3 Å². The second-order valence-corrected chi connectivity index (χ2v) is 9.41. The third-order valence-corrected chi connectivity index (χ3v) is 7.05. The SMILES string of the molecule is CC(CCn1ccc(-c2ccc(C(O)CO)cc2)cc1=O)(C(=O)NO)S(C)(=O)=O. The Labute approximate surface area is 168 Å². The quantitative estimate of drug-likeness (QED) is 0.351. The molecule has 0 saturated carbocycles. The van der Waals surface area contributed by atoms with Crippen LogP contribution in [0.2, 0.25) is 0 Å². The fraction of sp³-hybridized carbons (Fsp3) is 0.368. The van der Waals surface area contributed by atoms with Crippen LogP contribution < -0.4 is 11.0 Å². The number of aliphatic hydroxyl groups is 2. The molecule has 1 aromatic heterocycles. The molecule has 2 aromatic rings. The van der Waals surface area contributed by atoms with E-state index in [9.17, 15) is 23.1 Å². The lowest BCUT2D eigenvalue weighted by Crippen LogP contribution is -2.49. The molecule has 2 atom stereocenters. The summed E-state index contributed by atoms with van der Waals surface area (Å²) in [5.41, 5.74) is 2.88. The lowest BCUT2D eigenvalue weighted by Gasteiger charge is -2.25. The number of rotatable bonds is 8. The van der Waals surface area contributed by atoms with Crippen LogP contribution in [0.5, 0.6) is 0 Å². The highest BCUT2D eigenvalue weighted by atomic mass is 32.2. The number of hydroxylamine groups is 1. The highest BCUT2D eigenvalue weighted by Crippen LogP contribution is 2.23. The first-order valence-corrected chi connectivity index (χ1v) is 10.7. The van der Waals surface area contributed by atoms with Crippen molar-refractivity contribution in [2.45, 2.75) is 30.7 Å². The molecule has 0 aliphatic heterocycles. The van der Waals surface area contributed by atoms with E-state index in [2.05, 4.69) is 0 Å². The monoisotopic (exact) mass is 424 g/mol. The topological polar surface area (TPSA) is 146 Å². The van der Waals surface area contributed by atoms with E-state index in [0.717, 1.165) is 11.8 Å². The second kappa shape index (κ2) is 8.87. The normalized spacial score (nSPS) is 14.8. The van der Waals surface area contributed by atoms with Gasteiger partial charge in [0.15, 0.2) is 14.6 Å². The number of aromatic nitrogens is 1. The van der Waals surface area contributed by atoms with Crippen LogP contribution >= 0.6 is 0 Å². The fourth-order valence-electron chi connectivity index (χ4n) is 2.79. The summed E-state index contributed by atoms with van der Waals surface area (Å²) in [6, 6.07) is 9.75. The van der Waals surface area contributed by atoms with Gasteiger partial charge in [-0.05, 0) is 36.1 Å². The van der Waals surface area contributed by atoms with Crippen molar-refractivity contribution in [3.05, 3.63) is 58.5 Å². The van der Waals surface area contributed by atoms with Gasteiger partial charge in [-0.3, -0.25) is 14.8 Å². The van der Waals surface area contributed by atoms with E-state index >= 15 is 0 Å². The van der Waals surface area contributed by atoms with Gasteiger partial charge in [0.25, 0.3) is 11.5 Å². The van der Waals surface area contributed by atoms with Crippen molar-refractivity contribution in [3.8, 4) is 11.1 Å². The van der Waals surface area contributed by atoms with E-state index < -0.39 is 33.2 Å². The van der Waals surface area contributed by atoms with Crippen molar-refractivity contribution < 1.29 is 28.6 Å². The zero-order valence-corrected chi connectivity index (χ0v) is 16.9. The molecule has 0 aliphatic rings. The highest BCUT2D eigenvalue weighted by Gasteiger charge is 2.43. The molecule has 2 unspecified atom stereocenters. The van der Waals surface area contributed by atoms with Gasteiger partial charge in [0, 0.05) is 25.1 Å². The maximum Gasteiger partial charge on any atom is 0.264 e. The Morgan fingerprint density at radius 2 is 1.83 bits per heavy atom. The number of amides is 1. The van der Waals surface area contributed by atoms with Crippen molar-refractivity contribution in [3.63, 3.8) is 0 Å². The molecule has 1 amide bonds. The van der Waals surface area contributed by atoms with Crippen LogP contribution in [0, 0.1) is 0 Å². The average Bonchev–Trinajstić information content (AvgIpc) is 2.70. The summed E-state index contributed by atoms with van der Waals surface area (Å²) in [7, 11) is -3.85. The van der Waals surface area contributed by atoms with Gasteiger partial charge < -0.3 is 14.8 Å². The molecule has 158 valence electrons. The van der Waals surface area contributed by atoms with Gasteiger partial charge in [-0.2, -0.15) is 0 Å². The summed E-state index contributed by atoms with van der Waals surface area (Å²) in [4.78, 5) is 24.3. The Balaban J connectivity index is 2.24. The molecule has 10 heteroatoms. The Kier molecular flexibility index (Phi) is 6.96. The van der Waals surface area contributed by atoms with Crippen molar-refractivity contribution in [1.82, 2.24) is 10.0 Å². The number of nitrogens with zero attached hydrogens (tertiary/aromatic N) is 1. The summed E-state index contributed by atoms with van der Waals surface area (Å²) in [6.07, 6.45) is 1.21. The maximum absolute atomic E-state index is 12.4. The molecule has 1 aromatic carbocycles. The molecule has 0 saturated heterocycles. The predicted octanol–water partition coefficient (Wildman–Crippen LogP) is 0.240. The minimum absolute atomic E-state index is 0.0439. The number of nitrogens with one attached hydrogen (secondary N) is 1. The number of benzene rings is 1. The molecule has 2 rings (SSSR count). The minimum Gasteiger partial charge on any atom is -0.393 e. The van der Waals surface area contributed by atoms with Gasteiger partial charge in [0.05, 0.1) is 6.61 Å². The standard InChI is InChI=1S/C19H24N2O7S/c1-19(18(25)20-26,29(2,27)28)8-10-21-9-7-15(11-17(21)24)13-3-5-14(6-4-13)16(23)12-22/h3-7,9,11,16,22-23,26H,8,10,12H2,1-2H3,(H,20,25). The lowest BCUT2D eigenvalue weighted by molar-refractivity contribution is -0.131. The van der Waals surface area contributed by atoms with Crippen molar-refractivity contribution >= 4 is 15.7 Å². The summed E-state index contributed by atoms with van der Waals surface area (Å²) in [5.74, 6) is -1.06. The molecule has 0 aliphatic carbocycles. The Bertz CT molecular complexity index is 1030. The third-order valence-electron chi connectivity index (χ3n) is 5.03. The molecule has 29 heavy (non-hydrogen) atoms. The predicted molar refractivity (Wildman–Crippen MR) is 106 cm³/mol. The Morgan fingerprint density at radius 1 is 1.21 bits per heavy atom. The van der Waals surface area contributed by atoms with E-state index in [-0.39, 0.29) is 18.5 Å². The van der Waals surface area contributed by atoms with Crippen LogP contribution in [0.1, 0.15) is 25.0 Å². The smallest absolute Gasteiger partial charge is 0.264 e. The van der Waals surface area contributed by atoms with Crippen molar-refractivity contribution in [2.24, 2.45) is 0 Å². The van der Waals surface area contributed by atoms with Gasteiger partial charge in [-0.25, -0.2) is 13.9 Å². The average molecular weight is 424 g/mol. The highest BCUT2D eigenvalue weighted by molar-refractivity contribution is 7.92. The van der Waals surface area contributed by atoms with Crippen molar-refractivity contribution in [1.29, 1.82) is 0 Å². The number of sulfone groups is 1. The van der Waals surface area contributed by atoms with Crippen LogP contribution in [-0.2, 0) is 21.2 Å². The summed E-state index contributed by atoms with van der Waals surface area (Å²) >= 11 is 0. The van der Waals surface area contributed by atoms with Gasteiger partial charge in [0.1, 0.15) is 6.10 Å². The van der Waals surface area contributed by atoms with Gasteiger partial charge in [-0.15, -0.1) is 0 Å². The fourth-order valence-corrected chi connectivity index (χ4v) is 3.64. The summed E-state index contributed by atoms with van der Waals surface area (Å²) < 4.78 is 23.4. The number of hydrogen-bond donors (Lipinski definition) is 4. The molecular weight excluding hydrogens is 400 g/mol. The van der Waals surface area contributed by atoms with Crippen LogP contribution in [0.15, 0.2) is 47.4 Å². The number of pyridine rings is 1. The van der Waals surface area contributed by atoms with Gasteiger partial charge >= 0.3 is 0 Å². The van der Waals surface area contributed by atoms with E-state index in [4.69, 9.17) is 10.3 Å². The summed E-state index contributed by atoms with van der Waals surface area (Å²) in [5, 5.41) is 27.5. The largest absolute Gasteiger partial charge is 0.393 e. The first kappa shape index (κ1) is 22.8. The zero-order valence-electron chi connectivity index (χ0n) is 16.1. The maximum atomic E-state index is 12.4. The van der Waals surface area contributed by atoms with E-state index in [1.807, 2.05) is 0 Å². The number of aryl methyl sites for hydroxylation is 1. The van der Waals surface area contributed by atoms with Crippen LogP contribution in [0.25, 0.3) is 11.1 Å². The van der Waals surface area contributed by atoms with Crippen LogP contribution in [-0.4, -0.2) is 51.9 Å². The number of carbonyl (C=O) groups excluding carboxylic acids is 1. The number of hydrogen-bond acceptors (Lipinski definition) is 7. The van der Waals surface area contributed by atoms with Gasteiger partial charge in [0.2, 0.25) is 0 Å². The lowest BCUT2D eigenvalue weighted by atomic mass is 10.0. The molecule has 0 fully saturated rings. The molecule has 9 nitrogen and oxygen atoms in total. The number of carbonyl (C=O) groups is 1. The first-order chi connectivity index (χ1) is 13.5. The molecule has 1 heterocycles. The summed E-state index contributed by atoms with van der Waals surface area (Å²) in [6.45, 7) is 0.753.